The van der Waals surface area contributed by atoms with Gasteiger partial charge in [-0.2, -0.15) is 0 Å². The average Bonchev–Trinajstić information content (AvgIpc) is 3.41. The molecule has 146 valence electrons. The van der Waals surface area contributed by atoms with Crippen molar-refractivity contribution in [1.82, 2.24) is 15.1 Å². The first-order valence-corrected chi connectivity index (χ1v) is 10.5. The molecule has 1 amide bonds. The number of hydrogen-bond acceptors (Lipinski definition) is 2. The molecule has 2 saturated heterocycles. The van der Waals surface area contributed by atoms with Gasteiger partial charge < -0.3 is 15.1 Å². The van der Waals surface area contributed by atoms with Gasteiger partial charge in [0, 0.05) is 46.2 Å². The Morgan fingerprint density at radius 1 is 1.15 bits per heavy atom. The van der Waals surface area contributed by atoms with Crippen molar-refractivity contribution in [3.8, 4) is 0 Å². The lowest BCUT2D eigenvalue weighted by Crippen LogP contribution is -2.40. The fraction of sp³-hybridized carbons (Fsp3) is 0.636. The number of amides is 1. The standard InChI is InChI=1S/C22H32N4O/c1-23-21(26-13-11-22(17-26)9-2-3-10-22)24-15-18-6-4-7-19(14-18)16-25-12-5-8-20(25)27/h4,6-7,14H,2-3,5,8-13,15-17H2,1H3,(H,23,24). The lowest BCUT2D eigenvalue weighted by Gasteiger charge is -2.26. The summed E-state index contributed by atoms with van der Waals surface area (Å²) in [4.78, 5) is 20.8. The Labute approximate surface area is 162 Å². The van der Waals surface area contributed by atoms with E-state index in [0.717, 1.165) is 45.1 Å². The molecule has 1 aliphatic carbocycles. The quantitative estimate of drug-likeness (QED) is 0.656. The van der Waals surface area contributed by atoms with Crippen LogP contribution in [0.2, 0.25) is 0 Å². The van der Waals surface area contributed by atoms with E-state index in [9.17, 15) is 4.79 Å². The van der Waals surface area contributed by atoms with Crippen LogP contribution in [0.15, 0.2) is 29.3 Å². The van der Waals surface area contributed by atoms with Gasteiger partial charge in [0.15, 0.2) is 5.96 Å². The van der Waals surface area contributed by atoms with Crippen LogP contribution in [-0.2, 0) is 17.9 Å². The molecule has 2 heterocycles. The Morgan fingerprint density at radius 3 is 2.70 bits per heavy atom. The van der Waals surface area contributed by atoms with Gasteiger partial charge in [0.1, 0.15) is 0 Å². The molecule has 0 unspecified atom stereocenters. The van der Waals surface area contributed by atoms with Crippen LogP contribution in [0.25, 0.3) is 0 Å². The predicted molar refractivity (Wildman–Crippen MR) is 108 cm³/mol. The second-order valence-electron chi connectivity index (χ2n) is 8.52. The summed E-state index contributed by atoms with van der Waals surface area (Å²) in [5.74, 6) is 1.31. The van der Waals surface area contributed by atoms with E-state index in [1.807, 2.05) is 11.9 Å². The van der Waals surface area contributed by atoms with Crippen molar-refractivity contribution in [2.45, 2.75) is 58.0 Å². The van der Waals surface area contributed by atoms with Gasteiger partial charge in [0.2, 0.25) is 5.91 Å². The van der Waals surface area contributed by atoms with Crippen LogP contribution < -0.4 is 5.32 Å². The van der Waals surface area contributed by atoms with Crippen LogP contribution in [0.5, 0.6) is 0 Å². The van der Waals surface area contributed by atoms with E-state index in [2.05, 4.69) is 39.5 Å². The number of nitrogens with one attached hydrogen (secondary N) is 1. The van der Waals surface area contributed by atoms with Gasteiger partial charge in [-0.25, -0.2) is 0 Å². The van der Waals surface area contributed by atoms with E-state index in [-0.39, 0.29) is 5.91 Å². The molecule has 1 saturated carbocycles. The van der Waals surface area contributed by atoms with Crippen molar-refractivity contribution in [3.05, 3.63) is 35.4 Å². The lowest BCUT2D eigenvalue weighted by atomic mass is 9.86. The lowest BCUT2D eigenvalue weighted by molar-refractivity contribution is -0.128. The van der Waals surface area contributed by atoms with Crippen LogP contribution in [0.1, 0.15) is 56.1 Å². The first-order valence-electron chi connectivity index (χ1n) is 10.5. The molecule has 1 aromatic carbocycles. The van der Waals surface area contributed by atoms with Gasteiger partial charge in [0.25, 0.3) is 0 Å². The topological polar surface area (TPSA) is 47.9 Å². The number of carbonyl (C=O) groups is 1. The Balaban J connectivity index is 1.33. The second kappa shape index (κ2) is 7.91. The van der Waals surface area contributed by atoms with Gasteiger partial charge in [-0.3, -0.25) is 9.79 Å². The van der Waals surface area contributed by atoms with E-state index in [0.29, 0.717) is 11.8 Å². The number of rotatable bonds is 4. The minimum absolute atomic E-state index is 0.286. The molecule has 27 heavy (non-hydrogen) atoms. The molecule has 1 aromatic rings. The summed E-state index contributed by atoms with van der Waals surface area (Å²) in [5, 5.41) is 3.56. The third kappa shape index (κ3) is 4.12. The van der Waals surface area contributed by atoms with Crippen molar-refractivity contribution < 1.29 is 4.79 Å². The fourth-order valence-electron chi connectivity index (χ4n) is 5.09. The second-order valence-corrected chi connectivity index (χ2v) is 8.52. The number of nitrogens with zero attached hydrogens (tertiary/aromatic N) is 3. The molecule has 1 N–H and O–H groups in total. The van der Waals surface area contributed by atoms with Gasteiger partial charge in [-0.15, -0.1) is 0 Å². The number of likely N-dealkylation sites (tertiary alicyclic amines) is 2. The third-order valence-electron chi connectivity index (χ3n) is 6.60. The highest BCUT2D eigenvalue weighted by Gasteiger charge is 2.41. The summed E-state index contributed by atoms with van der Waals surface area (Å²) < 4.78 is 0. The van der Waals surface area contributed by atoms with E-state index in [1.165, 1.54) is 43.2 Å². The summed E-state index contributed by atoms with van der Waals surface area (Å²) in [6.45, 7) is 4.68. The Kier molecular flexibility index (Phi) is 5.37. The maximum Gasteiger partial charge on any atom is 0.222 e. The van der Waals surface area contributed by atoms with E-state index in [4.69, 9.17) is 0 Å². The molecule has 3 aliphatic rings. The zero-order valence-corrected chi connectivity index (χ0v) is 16.5. The van der Waals surface area contributed by atoms with Crippen molar-refractivity contribution >= 4 is 11.9 Å². The SMILES string of the molecule is CN=C(NCc1cccc(CN2CCCC2=O)c1)N1CCC2(CCCC2)C1. The zero-order valence-electron chi connectivity index (χ0n) is 16.5. The van der Waals surface area contributed by atoms with Crippen molar-refractivity contribution in [3.63, 3.8) is 0 Å². The van der Waals surface area contributed by atoms with Gasteiger partial charge in [-0.05, 0) is 42.2 Å². The van der Waals surface area contributed by atoms with Crippen LogP contribution in [0, 0.1) is 5.41 Å². The third-order valence-corrected chi connectivity index (χ3v) is 6.60. The van der Waals surface area contributed by atoms with E-state index >= 15 is 0 Å². The van der Waals surface area contributed by atoms with E-state index in [1.54, 1.807) is 0 Å². The number of carbonyl (C=O) groups excluding carboxylic acids is 1. The number of aliphatic imine (C=N–C) groups is 1. The van der Waals surface area contributed by atoms with Crippen LogP contribution in [0.4, 0.5) is 0 Å². The molecule has 5 heteroatoms. The highest BCUT2D eigenvalue weighted by molar-refractivity contribution is 5.80. The van der Waals surface area contributed by atoms with Crippen molar-refractivity contribution in [1.29, 1.82) is 0 Å². The Hall–Kier alpha value is -2.04. The summed E-state index contributed by atoms with van der Waals surface area (Å²) in [7, 11) is 1.89. The summed E-state index contributed by atoms with van der Waals surface area (Å²) >= 11 is 0. The Morgan fingerprint density at radius 2 is 1.96 bits per heavy atom. The molecule has 2 aliphatic heterocycles. The molecule has 5 nitrogen and oxygen atoms in total. The molecule has 4 rings (SSSR count). The molecule has 0 atom stereocenters. The number of hydrogen-bond donors (Lipinski definition) is 1. The number of guanidine groups is 1. The normalized spacial score (nSPS) is 22.3. The number of benzene rings is 1. The highest BCUT2D eigenvalue weighted by atomic mass is 16.2. The zero-order chi connectivity index (χ0) is 18.7. The first-order chi connectivity index (χ1) is 13.2. The minimum Gasteiger partial charge on any atom is -0.352 e. The van der Waals surface area contributed by atoms with Gasteiger partial charge in [-0.1, -0.05) is 37.1 Å². The summed E-state index contributed by atoms with van der Waals surface area (Å²) in [6, 6.07) is 8.58. The molecule has 0 aromatic heterocycles. The van der Waals surface area contributed by atoms with E-state index < -0.39 is 0 Å². The average molecular weight is 369 g/mol. The predicted octanol–water partition coefficient (Wildman–Crippen LogP) is 3.15. The maximum atomic E-state index is 11.9. The van der Waals surface area contributed by atoms with Gasteiger partial charge >= 0.3 is 0 Å². The Bertz CT molecular complexity index is 708. The molecule has 3 fully saturated rings. The largest absolute Gasteiger partial charge is 0.352 e. The molecular formula is C22H32N4O. The molecular weight excluding hydrogens is 336 g/mol. The van der Waals surface area contributed by atoms with Crippen LogP contribution in [-0.4, -0.2) is 48.3 Å². The van der Waals surface area contributed by atoms with Crippen LogP contribution in [0.3, 0.4) is 0 Å². The summed E-state index contributed by atoms with van der Waals surface area (Å²) in [5.41, 5.74) is 3.01. The summed E-state index contributed by atoms with van der Waals surface area (Å²) in [6.07, 6.45) is 8.57. The fourth-order valence-corrected chi connectivity index (χ4v) is 5.09. The molecule has 0 bridgehead atoms. The van der Waals surface area contributed by atoms with Crippen molar-refractivity contribution in [2.75, 3.05) is 26.7 Å². The van der Waals surface area contributed by atoms with Crippen molar-refractivity contribution in [2.24, 2.45) is 10.4 Å². The molecule has 0 radical (unpaired) electrons. The highest BCUT2D eigenvalue weighted by Crippen LogP contribution is 2.45. The first kappa shape index (κ1) is 18.3. The monoisotopic (exact) mass is 368 g/mol. The van der Waals surface area contributed by atoms with Gasteiger partial charge in [0.05, 0.1) is 0 Å². The minimum atomic E-state index is 0.286. The smallest absolute Gasteiger partial charge is 0.222 e. The molecule has 1 spiro atoms. The van der Waals surface area contributed by atoms with Crippen LogP contribution >= 0.6 is 0 Å². The maximum absolute atomic E-state index is 11.9.